The molecule has 6 aromatic carbocycles. The molecule has 1 fully saturated rings. The molecule has 7 nitrogen and oxygen atoms in total. The van der Waals surface area contributed by atoms with Gasteiger partial charge in [-0.05, 0) is 71.4 Å². The second-order valence-electron chi connectivity index (χ2n) is 15.8. The summed E-state index contributed by atoms with van der Waals surface area (Å²) in [5.41, 5.74) is 8.23. The quantitative estimate of drug-likeness (QED) is 0.0947. The first-order valence-electron chi connectivity index (χ1n) is 21.5. The predicted molar refractivity (Wildman–Crippen MR) is 237 cm³/mol. The van der Waals surface area contributed by atoms with Crippen LogP contribution in [0.2, 0.25) is 13.1 Å². The summed E-state index contributed by atoms with van der Waals surface area (Å²) in [6.45, 7) is 4.38. The van der Waals surface area contributed by atoms with Crippen LogP contribution in [-0.2, 0) is 28.0 Å². The van der Waals surface area contributed by atoms with E-state index in [1.54, 1.807) is 4.57 Å². The van der Waals surface area contributed by atoms with Gasteiger partial charge in [0.2, 0.25) is 6.33 Å². The normalized spacial score (nSPS) is 15.6. The fourth-order valence-corrected chi connectivity index (χ4v) is 12.1. The monoisotopic (exact) mass is 968 g/mol. The van der Waals surface area contributed by atoms with Crippen LogP contribution in [0.3, 0.4) is 0 Å². The topological polar surface area (TPSA) is 42.3 Å². The van der Waals surface area contributed by atoms with Crippen LogP contribution in [0.15, 0.2) is 140 Å². The van der Waals surface area contributed by atoms with Gasteiger partial charge < -0.3 is 28.2 Å². The standard InChI is InChI=1S/C50H42N6OSi.Pt/c1-52-34-54(43-25-22-35(31-47(43)52)53-28-11-4-12-29-53)36-14-13-15-38(30-36)57-39-23-24-41-40-16-5-6-17-42(40)56(46(41)33-39)50-32-37(26-27-51-50)55-44-18-7-9-20-48(44)58(2,3)49-21-10-8-19-45(49)55;/h5-10,13-27,31-32H,4,11-12,28-29H2,1-3H3;/q-2;/i1D3;. The fraction of sp³-hybridized carbons (Fsp3) is 0.160. The van der Waals surface area contributed by atoms with Gasteiger partial charge in [-0.1, -0.05) is 85.0 Å². The van der Waals surface area contributed by atoms with Crippen molar-refractivity contribution in [1.29, 1.82) is 0 Å². The zero-order valence-corrected chi connectivity index (χ0v) is 36.0. The van der Waals surface area contributed by atoms with Crippen LogP contribution in [0.25, 0.3) is 44.3 Å². The maximum absolute atomic E-state index is 8.35. The third kappa shape index (κ3) is 6.20. The molecule has 0 aliphatic carbocycles. The van der Waals surface area contributed by atoms with Gasteiger partial charge in [0.05, 0.1) is 27.8 Å². The Morgan fingerprint density at radius 1 is 0.695 bits per heavy atom. The van der Waals surface area contributed by atoms with Crippen LogP contribution in [0.4, 0.5) is 22.7 Å². The molecule has 0 spiro atoms. The molecule has 0 N–H and O–H groups in total. The fourth-order valence-electron chi connectivity index (χ4n) is 9.15. The molecule has 0 saturated carbocycles. The number of fused-ring (bicyclic) bond motifs is 6. The maximum Gasteiger partial charge on any atom is 0.242 e. The van der Waals surface area contributed by atoms with Crippen molar-refractivity contribution >= 4 is 74.0 Å². The number of hydrogen-bond donors (Lipinski definition) is 0. The average molecular weight is 969 g/mol. The summed E-state index contributed by atoms with van der Waals surface area (Å²) in [4.78, 5) is 9.69. The number of imidazole rings is 1. The minimum absolute atomic E-state index is 0. The molecule has 9 heteroatoms. The Bertz CT molecular complexity index is 3120. The SMILES string of the molecule is [2H]C([2H])([2H])[n+]1[c-]n(-c2[c-]c(Oc3[c-]c4c(cc3)c3ccccc3n4-c3cc(N4c5ccccc5[Si](C)(C)c5ccccc54)ccn3)ccc2)c2ccc(N3CCCCC3)cc21.[Pt]. The van der Waals surface area contributed by atoms with Crippen molar-refractivity contribution in [2.75, 3.05) is 22.9 Å². The molecule has 0 atom stereocenters. The second-order valence-corrected chi connectivity index (χ2v) is 20.1. The van der Waals surface area contributed by atoms with Gasteiger partial charge in [0.1, 0.15) is 13.9 Å². The Hall–Kier alpha value is -5.95. The van der Waals surface area contributed by atoms with Crippen LogP contribution >= 0.6 is 0 Å². The van der Waals surface area contributed by atoms with Crippen molar-refractivity contribution in [2.45, 2.75) is 32.4 Å². The number of para-hydroxylation sites is 3. The largest absolute Gasteiger partial charge is 0.510 e. The van der Waals surface area contributed by atoms with Crippen LogP contribution in [0, 0.1) is 18.5 Å². The molecular weight excluding hydrogens is 924 g/mol. The Balaban J connectivity index is 0.00000458. The van der Waals surface area contributed by atoms with Crippen molar-refractivity contribution in [3.8, 4) is 23.0 Å². The molecule has 1 saturated heterocycles. The first kappa shape index (κ1) is 34.0. The smallest absolute Gasteiger partial charge is 0.242 e. The van der Waals surface area contributed by atoms with Gasteiger partial charge in [0.25, 0.3) is 0 Å². The van der Waals surface area contributed by atoms with E-state index in [-0.39, 0.29) is 21.1 Å². The number of piperidine rings is 1. The minimum Gasteiger partial charge on any atom is -0.510 e. The molecule has 0 bridgehead atoms. The number of benzene rings is 6. The number of rotatable bonds is 6. The molecule has 59 heavy (non-hydrogen) atoms. The molecule has 9 aromatic rings. The molecule has 0 unspecified atom stereocenters. The zero-order valence-electron chi connectivity index (χ0n) is 35.7. The van der Waals surface area contributed by atoms with Crippen LogP contribution in [0.5, 0.6) is 11.5 Å². The Kier molecular flexibility index (Phi) is 8.46. The van der Waals surface area contributed by atoms with Gasteiger partial charge in [-0.3, -0.25) is 0 Å². The summed E-state index contributed by atoms with van der Waals surface area (Å²) >= 11 is 0. The molecule has 0 radical (unpaired) electrons. The zero-order chi connectivity index (χ0) is 41.5. The van der Waals surface area contributed by atoms with Crippen molar-refractivity contribution in [3.05, 3.63) is 158 Å². The van der Waals surface area contributed by atoms with Crippen LogP contribution in [0.1, 0.15) is 23.4 Å². The summed E-state index contributed by atoms with van der Waals surface area (Å²) in [5.74, 6) is 1.74. The molecular formula is C50H42N6OPtSi-2. The van der Waals surface area contributed by atoms with Crippen molar-refractivity contribution in [2.24, 2.45) is 6.98 Å². The van der Waals surface area contributed by atoms with E-state index in [1.165, 1.54) is 32.7 Å². The summed E-state index contributed by atoms with van der Waals surface area (Å²) < 4.78 is 36.8. The van der Waals surface area contributed by atoms with Crippen molar-refractivity contribution < 1.29 is 34.5 Å². The molecule has 294 valence electrons. The Morgan fingerprint density at radius 3 is 2.24 bits per heavy atom. The molecule has 3 aromatic heterocycles. The van der Waals surface area contributed by atoms with E-state index in [0.29, 0.717) is 22.7 Å². The van der Waals surface area contributed by atoms with Gasteiger partial charge in [0.15, 0.2) is 0 Å². The van der Waals surface area contributed by atoms with E-state index < -0.39 is 15.0 Å². The number of anilines is 4. The Labute approximate surface area is 364 Å². The van der Waals surface area contributed by atoms with E-state index in [1.807, 2.05) is 42.6 Å². The van der Waals surface area contributed by atoms with Crippen molar-refractivity contribution in [3.63, 3.8) is 0 Å². The van der Waals surface area contributed by atoms with Gasteiger partial charge in [0, 0.05) is 80.5 Å². The van der Waals surface area contributed by atoms with E-state index in [4.69, 9.17) is 13.8 Å². The summed E-state index contributed by atoms with van der Waals surface area (Å²) in [6, 6.07) is 52.9. The number of nitrogens with zero attached hydrogens (tertiary/aromatic N) is 6. The van der Waals surface area contributed by atoms with Gasteiger partial charge in [-0.15, -0.1) is 29.7 Å². The summed E-state index contributed by atoms with van der Waals surface area (Å²) in [6.07, 6.45) is 8.49. The first-order chi connectivity index (χ1) is 29.6. The third-order valence-electron chi connectivity index (χ3n) is 12.0. The number of ether oxygens (including phenoxy) is 1. The summed E-state index contributed by atoms with van der Waals surface area (Å²) in [7, 11) is -1.95. The van der Waals surface area contributed by atoms with E-state index >= 15 is 0 Å². The van der Waals surface area contributed by atoms with E-state index in [0.717, 1.165) is 70.4 Å². The average Bonchev–Trinajstić information content (AvgIpc) is 3.83. The predicted octanol–water partition coefficient (Wildman–Crippen LogP) is 9.73. The number of hydrogen-bond acceptors (Lipinski definition) is 4. The minimum atomic E-state index is -2.42. The van der Waals surface area contributed by atoms with Crippen LogP contribution in [-0.4, -0.2) is 35.3 Å². The molecule has 11 rings (SSSR count). The molecule has 0 amide bonds. The number of pyridine rings is 1. The third-order valence-corrected chi connectivity index (χ3v) is 15.5. The second kappa shape index (κ2) is 14.7. The molecule has 2 aliphatic rings. The van der Waals surface area contributed by atoms with Crippen molar-refractivity contribution in [1.82, 2.24) is 14.1 Å². The van der Waals surface area contributed by atoms with E-state index in [2.05, 4.69) is 143 Å². The van der Waals surface area contributed by atoms with Gasteiger partial charge >= 0.3 is 0 Å². The van der Waals surface area contributed by atoms with Gasteiger partial charge in [-0.2, -0.15) is 18.2 Å². The Morgan fingerprint density at radius 2 is 1.44 bits per heavy atom. The molecule has 2 aliphatic heterocycles. The summed E-state index contributed by atoms with van der Waals surface area (Å²) in [5, 5.41) is 4.92. The van der Waals surface area contributed by atoms with Crippen LogP contribution < -0.4 is 29.5 Å². The van der Waals surface area contributed by atoms with Gasteiger partial charge in [-0.25, -0.2) is 4.98 Å². The molecule has 5 heterocycles. The number of aryl methyl sites for hydroxylation is 1. The van der Waals surface area contributed by atoms with E-state index in [9.17, 15) is 0 Å². The number of aromatic nitrogens is 4. The maximum atomic E-state index is 8.35. The first-order valence-corrected chi connectivity index (χ1v) is 23.0.